The fraction of sp³-hybridized carbons (Fsp3) is 0.385. The summed E-state index contributed by atoms with van der Waals surface area (Å²) in [5, 5.41) is 7.23. The molecule has 0 saturated heterocycles. The highest BCUT2D eigenvalue weighted by atomic mass is 16.5. The Kier molecular flexibility index (Phi) is 4.17. The molecule has 1 aromatic heterocycles. The smallest absolute Gasteiger partial charge is 0.164 e. The average Bonchev–Trinajstić information content (AvgIpc) is 2.85. The summed E-state index contributed by atoms with van der Waals surface area (Å²) in [4.78, 5) is 4.20. The fourth-order valence-electron chi connectivity index (χ4n) is 1.66. The molecule has 2 aromatic rings. The standard InChI is InChI=1S/C13H18N4O/c1-3-8-17-13(15-10-16-17)9-18-12-6-4-11(14-2)5-7-12/h4-7,10,14H,3,8-9H2,1-2H3. The molecule has 2 rings (SSSR count). The highest BCUT2D eigenvalue weighted by Gasteiger charge is 2.04. The molecule has 0 bridgehead atoms. The zero-order chi connectivity index (χ0) is 12.8. The summed E-state index contributed by atoms with van der Waals surface area (Å²) in [6.07, 6.45) is 2.60. The summed E-state index contributed by atoms with van der Waals surface area (Å²) in [7, 11) is 1.89. The number of aryl methyl sites for hydroxylation is 1. The lowest BCUT2D eigenvalue weighted by molar-refractivity contribution is 0.286. The Morgan fingerprint density at radius 2 is 2.06 bits per heavy atom. The summed E-state index contributed by atoms with van der Waals surface area (Å²) >= 11 is 0. The molecule has 18 heavy (non-hydrogen) atoms. The monoisotopic (exact) mass is 246 g/mol. The lowest BCUT2D eigenvalue weighted by atomic mass is 10.3. The van der Waals surface area contributed by atoms with Gasteiger partial charge in [0.25, 0.3) is 0 Å². The van der Waals surface area contributed by atoms with E-state index in [1.54, 1.807) is 6.33 Å². The number of rotatable bonds is 6. The van der Waals surface area contributed by atoms with Crippen LogP contribution >= 0.6 is 0 Å². The van der Waals surface area contributed by atoms with Crippen LogP contribution in [0.15, 0.2) is 30.6 Å². The largest absolute Gasteiger partial charge is 0.486 e. The Morgan fingerprint density at radius 3 is 2.72 bits per heavy atom. The third-order valence-corrected chi connectivity index (χ3v) is 2.64. The highest BCUT2D eigenvalue weighted by molar-refractivity contribution is 5.45. The lowest BCUT2D eigenvalue weighted by Crippen LogP contribution is -2.08. The molecule has 1 N–H and O–H groups in total. The Labute approximate surface area is 107 Å². The molecular formula is C13H18N4O. The predicted octanol–water partition coefficient (Wildman–Crippen LogP) is 2.31. The Hall–Kier alpha value is -2.04. The maximum Gasteiger partial charge on any atom is 0.164 e. The van der Waals surface area contributed by atoms with Crippen LogP contribution in [0.2, 0.25) is 0 Å². The van der Waals surface area contributed by atoms with Crippen LogP contribution in [0.4, 0.5) is 5.69 Å². The molecule has 0 amide bonds. The van der Waals surface area contributed by atoms with Crippen molar-refractivity contribution in [2.75, 3.05) is 12.4 Å². The van der Waals surface area contributed by atoms with Crippen molar-refractivity contribution in [3.05, 3.63) is 36.4 Å². The van der Waals surface area contributed by atoms with Gasteiger partial charge < -0.3 is 10.1 Å². The van der Waals surface area contributed by atoms with Gasteiger partial charge in [0.2, 0.25) is 0 Å². The van der Waals surface area contributed by atoms with E-state index in [0.29, 0.717) is 6.61 Å². The summed E-state index contributed by atoms with van der Waals surface area (Å²) in [5.41, 5.74) is 1.07. The molecule has 0 fully saturated rings. The molecule has 1 heterocycles. The molecule has 0 aliphatic heterocycles. The molecular weight excluding hydrogens is 228 g/mol. The Balaban J connectivity index is 1.95. The summed E-state index contributed by atoms with van der Waals surface area (Å²) in [6, 6.07) is 7.83. The molecule has 1 aromatic carbocycles. The Bertz CT molecular complexity index is 478. The van der Waals surface area contributed by atoms with Crippen molar-refractivity contribution < 1.29 is 4.74 Å². The van der Waals surface area contributed by atoms with E-state index in [-0.39, 0.29) is 0 Å². The average molecular weight is 246 g/mol. The van der Waals surface area contributed by atoms with Crippen LogP contribution in [0.1, 0.15) is 19.2 Å². The number of nitrogens with zero attached hydrogens (tertiary/aromatic N) is 3. The molecule has 0 aliphatic rings. The van der Waals surface area contributed by atoms with E-state index in [1.165, 1.54) is 0 Å². The molecule has 0 atom stereocenters. The van der Waals surface area contributed by atoms with Crippen molar-refractivity contribution in [3.8, 4) is 5.75 Å². The lowest BCUT2D eigenvalue weighted by Gasteiger charge is -2.08. The summed E-state index contributed by atoms with van der Waals surface area (Å²) < 4.78 is 7.56. The van der Waals surface area contributed by atoms with Crippen LogP contribution in [0.5, 0.6) is 5.75 Å². The molecule has 5 heteroatoms. The SMILES string of the molecule is CCCn1ncnc1COc1ccc(NC)cc1. The number of aromatic nitrogens is 3. The first-order valence-electron chi connectivity index (χ1n) is 6.10. The second kappa shape index (κ2) is 6.05. The first-order chi connectivity index (χ1) is 8.83. The van der Waals surface area contributed by atoms with Gasteiger partial charge in [-0.3, -0.25) is 0 Å². The van der Waals surface area contributed by atoms with Crippen LogP contribution in [0, 0.1) is 0 Å². The van der Waals surface area contributed by atoms with Gasteiger partial charge in [0.05, 0.1) is 0 Å². The van der Waals surface area contributed by atoms with Crippen molar-refractivity contribution in [2.45, 2.75) is 26.5 Å². The van der Waals surface area contributed by atoms with Crippen LogP contribution < -0.4 is 10.1 Å². The van der Waals surface area contributed by atoms with Gasteiger partial charge in [-0.1, -0.05) is 6.92 Å². The van der Waals surface area contributed by atoms with E-state index >= 15 is 0 Å². The molecule has 0 saturated carbocycles. The molecule has 0 unspecified atom stereocenters. The van der Waals surface area contributed by atoms with Crippen LogP contribution in [-0.4, -0.2) is 21.8 Å². The van der Waals surface area contributed by atoms with Gasteiger partial charge in [0.15, 0.2) is 5.82 Å². The van der Waals surface area contributed by atoms with E-state index in [0.717, 1.165) is 30.2 Å². The van der Waals surface area contributed by atoms with E-state index in [4.69, 9.17) is 4.74 Å². The number of hydrogen-bond acceptors (Lipinski definition) is 4. The Morgan fingerprint density at radius 1 is 1.28 bits per heavy atom. The zero-order valence-electron chi connectivity index (χ0n) is 10.8. The van der Waals surface area contributed by atoms with Gasteiger partial charge in [0.1, 0.15) is 18.7 Å². The summed E-state index contributed by atoms with van der Waals surface area (Å²) in [5.74, 6) is 1.69. The third kappa shape index (κ3) is 3.00. The first kappa shape index (κ1) is 12.4. The van der Waals surface area contributed by atoms with Gasteiger partial charge in [-0.2, -0.15) is 5.10 Å². The van der Waals surface area contributed by atoms with E-state index < -0.39 is 0 Å². The van der Waals surface area contributed by atoms with Gasteiger partial charge >= 0.3 is 0 Å². The van der Waals surface area contributed by atoms with Crippen molar-refractivity contribution in [2.24, 2.45) is 0 Å². The maximum absolute atomic E-state index is 5.69. The second-order valence-electron chi connectivity index (χ2n) is 3.96. The minimum absolute atomic E-state index is 0.443. The molecule has 96 valence electrons. The topological polar surface area (TPSA) is 52.0 Å². The highest BCUT2D eigenvalue weighted by Crippen LogP contribution is 2.16. The third-order valence-electron chi connectivity index (χ3n) is 2.64. The van der Waals surface area contributed by atoms with E-state index in [2.05, 4.69) is 22.3 Å². The number of ether oxygens (including phenoxy) is 1. The normalized spacial score (nSPS) is 10.3. The number of nitrogens with one attached hydrogen (secondary N) is 1. The second-order valence-corrected chi connectivity index (χ2v) is 3.96. The van der Waals surface area contributed by atoms with E-state index in [1.807, 2.05) is 36.0 Å². The molecule has 0 spiro atoms. The van der Waals surface area contributed by atoms with Crippen molar-refractivity contribution >= 4 is 5.69 Å². The van der Waals surface area contributed by atoms with E-state index in [9.17, 15) is 0 Å². The van der Waals surface area contributed by atoms with Crippen LogP contribution in [0.3, 0.4) is 0 Å². The van der Waals surface area contributed by atoms with Crippen molar-refractivity contribution in [3.63, 3.8) is 0 Å². The maximum atomic E-state index is 5.69. The minimum Gasteiger partial charge on any atom is -0.486 e. The minimum atomic E-state index is 0.443. The van der Waals surface area contributed by atoms with Gasteiger partial charge in [-0.05, 0) is 30.7 Å². The van der Waals surface area contributed by atoms with Gasteiger partial charge in [-0.25, -0.2) is 9.67 Å². The molecule has 5 nitrogen and oxygen atoms in total. The van der Waals surface area contributed by atoms with Gasteiger partial charge in [-0.15, -0.1) is 0 Å². The number of anilines is 1. The van der Waals surface area contributed by atoms with Crippen LogP contribution in [-0.2, 0) is 13.2 Å². The fourth-order valence-corrected chi connectivity index (χ4v) is 1.66. The molecule has 0 radical (unpaired) electrons. The van der Waals surface area contributed by atoms with Crippen molar-refractivity contribution in [1.29, 1.82) is 0 Å². The van der Waals surface area contributed by atoms with Crippen molar-refractivity contribution in [1.82, 2.24) is 14.8 Å². The summed E-state index contributed by atoms with van der Waals surface area (Å²) in [6.45, 7) is 3.43. The zero-order valence-corrected chi connectivity index (χ0v) is 10.8. The quantitative estimate of drug-likeness (QED) is 0.849. The number of benzene rings is 1. The molecule has 0 aliphatic carbocycles. The van der Waals surface area contributed by atoms with Gasteiger partial charge in [0, 0.05) is 19.3 Å². The van der Waals surface area contributed by atoms with Crippen LogP contribution in [0.25, 0.3) is 0 Å². The predicted molar refractivity (Wildman–Crippen MR) is 70.6 cm³/mol. The first-order valence-corrected chi connectivity index (χ1v) is 6.10. The number of hydrogen-bond donors (Lipinski definition) is 1.